The number of likely N-dealkylation sites (tertiary alicyclic amines) is 1. The summed E-state index contributed by atoms with van der Waals surface area (Å²) in [5, 5.41) is 9.23. The molecule has 1 atom stereocenters. The van der Waals surface area contributed by atoms with Crippen molar-refractivity contribution in [3.63, 3.8) is 0 Å². The second-order valence-electron chi connectivity index (χ2n) is 5.58. The number of hydrogen-bond donors (Lipinski definition) is 1. The summed E-state index contributed by atoms with van der Waals surface area (Å²) >= 11 is 0. The van der Waals surface area contributed by atoms with E-state index in [0.29, 0.717) is 5.92 Å². The Bertz CT molecular complexity index is 459. The van der Waals surface area contributed by atoms with Gasteiger partial charge in [0.1, 0.15) is 5.75 Å². The lowest BCUT2D eigenvalue weighted by atomic mass is 10.0. The van der Waals surface area contributed by atoms with Crippen molar-refractivity contribution < 1.29 is 14.6 Å². The van der Waals surface area contributed by atoms with Gasteiger partial charge < -0.3 is 14.7 Å². The molecule has 4 nitrogen and oxygen atoms in total. The third-order valence-corrected chi connectivity index (χ3v) is 3.80. The minimum atomic E-state index is -0.0449. The first-order valence-corrected chi connectivity index (χ1v) is 7.25. The van der Waals surface area contributed by atoms with Gasteiger partial charge in [-0.2, -0.15) is 0 Å². The molecule has 1 heterocycles. The number of aliphatic hydroxyl groups is 1. The minimum Gasteiger partial charge on any atom is -0.484 e. The molecule has 0 aromatic heterocycles. The number of ether oxygens (including phenoxy) is 1. The standard InChI is InChI=1S/C16H23NO3/c1-12(2)13-5-3-7-15(9-13)20-11-16(19)17-8-4-6-14(17)10-18/h3,5,7,9,12,14,18H,4,6,8,10-11H2,1-2H3/t14-/m0/s1. The summed E-state index contributed by atoms with van der Waals surface area (Å²) in [4.78, 5) is 13.8. The lowest BCUT2D eigenvalue weighted by Gasteiger charge is -2.23. The molecule has 0 aliphatic carbocycles. The second-order valence-corrected chi connectivity index (χ2v) is 5.58. The molecule has 1 aromatic rings. The van der Waals surface area contributed by atoms with Gasteiger partial charge in [-0.3, -0.25) is 4.79 Å². The van der Waals surface area contributed by atoms with Crippen LogP contribution in [0, 0.1) is 0 Å². The molecule has 1 N–H and O–H groups in total. The van der Waals surface area contributed by atoms with Gasteiger partial charge in [0, 0.05) is 6.54 Å². The van der Waals surface area contributed by atoms with Gasteiger partial charge >= 0.3 is 0 Å². The van der Waals surface area contributed by atoms with Crippen molar-refractivity contribution >= 4 is 5.91 Å². The molecule has 0 spiro atoms. The van der Waals surface area contributed by atoms with Gasteiger partial charge in [-0.05, 0) is 36.5 Å². The fourth-order valence-electron chi connectivity index (χ4n) is 2.55. The lowest BCUT2D eigenvalue weighted by Crippen LogP contribution is -2.40. The quantitative estimate of drug-likeness (QED) is 0.897. The van der Waals surface area contributed by atoms with Gasteiger partial charge in [0.2, 0.25) is 0 Å². The highest BCUT2D eigenvalue weighted by Gasteiger charge is 2.28. The van der Waals surface area contributed by atoms with Crippen LogP contribution in [0.2, 0.25) is 0 Å². The molecule has 0 bridgehead atoms. The maximum absolute atomic E-state index is 12.1. The highest BCUT2D eigenvalue weighted by atomic mass is 16.5. The van der Waals surface area contributed by atoms with Crippen LogP contribution in [0.3, 0.4) is 0 Å². The summed E-state index contributed by atoms with van der Waals surface area (Å²) in [5.41, 5.74) is 1.20. The molecule has 1 aliphatic heterocycles. The van der Waals surface area contributed by atoms with Crippen LogP contribution in [0.15, 0.2) is 24.3 Å². The summed E-state index contributed by atoms with van der Waals surface area (Å²) < 4.78 is 5.59. The fraction of sp³-hybridized carbons (Fsp3) is 0.562. The van der Waals surface area contributed by atoms with E-state index in [1.54, 1.807) is 4.90 Å². The van der Waals surface area contributed by atoms with Crippen LogP contribution in [-0.4, -0.2) is 41.7 Å². The lowest BCUT2D eigenvalue weighted by molar-refractivity contribution is -0.134. The van der Waals surface area contributed by atoms with E-state index in [0.717, 1.165) is 25.1 Å². The normalized spacial score (nSPS) is 18.6. The molecule has 2 rings (SSSR count). The molecule has 0 saturated carbocycles. The average molecular weight is 277 g/mol. The zero-order chi connectivity index (χ0) is 14.5. The number of nitrogens with zero attached hydrogens (tertiary/aromatic N) is 1. The Balaban J connectivity index is 1.91. The van der Waals surface area contributed by atoms with Crippen molar-refractivity contribution in [1.82, 2.24) is 4.90 Å². The number of carbonyl (C=O) groups excluding carboxylic acids is 1. The van der Waals surface area contributed by atoms with Crippen molar-refractivity contribution in [3.05, 3.63) is 29.8 Å². The average Bonchev–Trinajstić information content (AvgIpc) is 2.93. The van der Waals surface area contributed by atoms with Crippen LogP contribution in [0.5, 0.6) is 5.75 Å². The van der Waals surface area contributed by atoms with Gasteiger partial charge in [0.15, 0.2) is 6.61 Å². The van der Waals surface area contributed by atoms with E-state index in [-0.39, 0.29) is 25.2 Å². The van der Waals surface area contributed by atoms with Gasteiger partial charge in [-0.1, -0.05) is 26.0 Å². The minimum absolute atomic E-state index is 0.0342. The summed E-state index contributed by atoms with van der Waals surface area (Å²) in [6, 6.07) is 7.81. The Labute approximate surface area is 120 Å². The summed E-state index contributed by atoms with van der Waals surface area (Å²) in [6.07, 6.45) is 1.84. The third-order valence-electron chi connectivity index (χ3n) is 3.80. The van der Waals surface area contributed by atoms with E-state index >= 15 is 0 Å². The van der Waals surface area contributed by atoms with E-state index < -0.39 is 0 Å². The molecule has 1 fully saturated rings. The molecular formula is C16H23NO3. The number of benzene rings is 1. The number of amides is 1. The molecule has 0 radical (unpaired) electrons. The molecule has 1 amide bonds. The molecule has 4 heteroatoms. The monoisotopic (exact) mass is 277 g/mol. The van der Waals surface area contributed by atoms with E-state index in [9.17, 15) is 9.90 Å². The summed E-state index contributed by atoms with van der Waals surface area (Å²) in [6.45, 7) is 5.05. The van der Waals surface area contributed by atoms with Crippen LogP contribution in [0.4, 0.5) is 0 Å². The first-order chi connectivity index (χ1) is 9.61. The number of aliphatic hydroxyl groups excluding tert-OH is 1. The zero-order valence-electron chi connectivity index (χ0n) is 12.2. The van der Waals surface area contributed by atoms with Crippen molar-refractivity contribution in [3.8, 4) is 5.75 Å². The summed E-state index contributed by atoms with van der Waals surface area (Å²) in [5.74, 6) is 1.12. The summed E-state index contributed by atoms with van der Waals surface area (Å²) in [7, 11) is 0. The molecule has 1 aliphatic rings. The predicted octanol–water partition coefficient (Wildman–Crippen LogP) is 2.17. The Hall–Kier alpha value is -1.55. The van der Waals surface area contributed by atoms with E-state index in [4.69, 9.17) is 4.74 Å². The van der Waals surface area contributed by atoms with Crippen molar-refractivity contribution in [2.24, 2.45) is 0 Å². The van der Waals surface area contributed by atoms with Gasteiger partial charge in [0.25, 0.3) is 5.91 Å². The topological polar surface area (TPSA) is 49.8 Å². The number of carbonyl (C=O) groups is 1. The number of hydrogen-bond acceptors (Lipinski definition) is 3. The Morgan fingerprint density at radius 2 is 2.30 bits per heavy atom. The van der Waals surface area contributed by atoms with Crippen LogP contribution in [0.1, 0.15) is 38.2 Å². The Kier molecular flexibility index (Phi) is 5.01. The van der Waals surface area contributed by atoms with Crippen molar-refractivity contribution in [2.75, 3.05) is 19.8 Å². The largest absolute Gasteiger partial charge is 0.484 e. The van der Waals surface area contributed by atoms with Crippen LogP contribution >= 0.6 is 0 Å². The molecule has 0 unspecified atom stereocenters. The van der Waals surface area contributed by atoms with Gasteiger partial charge in [-0.25, -0.2) is 0 Å². The van der Waals surface area contributed by atoms with Crippen LogP contribution in [-0.2, 0) is 4.79 Å². The maximum atomic E-state index is 12.1. The highest BCUT2D eigenvalue weighted by molar-refractivity contribution is 5.78. The smallest absolute Gasteiger partial charge is 0.260 e. The number of rotatable bonds is 5. The van der Waals surface area contributed by atoms with E-state index in [2.05, 4.69) is 19.9 Å². The Morgan fingerprint density at radius 1 is 1.50 bits per heavy atom. The molecular weight excluding hydrogens is 254 g/mol. The van der Waals surface area contributed by atoms with Crippen molar-refractivity contribution in [2.45, 2.75) is 38.6 Å². The Morgan fingerprint density at radius 3 is 3.00 bits per heavy atom. The highest BCUT2D eigenvalue weighted by Crippen LogP contribution is 2.21. The fourth-order valence-corrected chi connectivity index (χ4v) is 2.55. The molecule has 110 valence electrons. The van der Waals surface area contributed by atoms with E-state index in [1.807, 2.05) is 18.2 Å². The third kappa shape index (κ3) is 3.51. The zero-order valence-corrected chi connectivity index (χ0v) is 12.2. The van der Waals surface area contributed by atoms with Gasteiger partial charge in [0.05, 0.1) is 12.6 Å². The predicted molar refractivity (Wildman–Crippen MR) is 77.8 cm³/mol. The molecule has 20 heavy (non-hydrogen) atoms. The van der Waals surface area contributed by atoms with Crippen LogP contribution in [0.25, 0.3) is 0 Å². The molecule has 1 saturated heterocycles. The van der Waals surface area contributed by atoms with Crippen LogP contribution < -0.4 is 4.74 Å². The molecule has 1 aromatic carbocycles. The van der Waals surface area contributed by atoms with Crippen molar-refractivity contribution in [1.29, 1.82) is 0 Å². The van der Waals surface area contributed by atoms with Gasteiger partial charge in [-0.15, -0.1) is 0 Å². The first kappa shape index (κ1) is 14.9. The van der Waals surface area contributed by atoms with E-state index in [1.165, 1.54) is 5.56 Å². The maximum Gasteiger partial charge on any atom is 0.260 e. The SMILES string of the molecule is CC(C)c1cccc(OCC(=O)N2CCC[C@H]2CO)c1. The first-order valence-electron chi connectivity index (χ1n) is 7.25. The second kappa shape index (κ2) is 6.75.